The lowest BCUT2D eigenvalue weighted by molar-refractivity contribution is -0.115. The molecule has 38 heavy (non-hydrogen) atoms. The fourth-order valence-corrected chi connectivity index (χ4v) is 6.60. The Hall–Kier alpha value is -3.44. The fourth-order valence-electron chi connectivity index (χ4n) is 4.70. The van der Waals surface area contributed by atoms with Crippen molar-refractivity contribution in [2.75, 3.05) is 11.9 Å². The Kier molecular flexibility index (Phi) is 7.66. The second-order valence-corrected chi connectivity index (χ2v) is 11.2. The number of ether oxygens (including phenoxy) is 1. The van der Waals surface area contributed by atoms with E-state index in [4.69, 9.17) is 4.74 Å². The first-order chi connectivity index (χ1) is 18.4. The summed E-state index contributed by atoms with van der Waals surface area (Å²) in [6.45, 7) is 3.81. The molecule has 0 saturated heterocycles. The number of hydrogen-bond donors (Lipinski definition) is 2. The molecule has 3 heterocycles. The number of nitrogens with zero attached hydrogens (tertiary/aromatic N) is 3. The van der Waals surface area contributed by atoms with E-state index in [9.17, 15) is 14.4 Å². The first-order valence-electron chi connectivity index (χ1n) is 12.7. The summed E-state index contributed by atoms with van der Waals surface area (Å²) >= 11 is 2.61. The fraction of sp³-hybridized carbons (Fsp3) is 0.370. The van der Waals surface area contributed by atoms with Crippen LogP contribution in [0, 0.1) is 0 Å². The average molecular weight is 552 g/mol. The van der Waals surface area contributed by atoms with Crippen LogP contribution >= 0.6 is 23.1 Å². The molecule has 0 bridgehead atoms. The summed E-state index contributed by atoms with van der Waals surface area (Å²) in [6.07, 6.45) is 6.45. The van der Waals surface area contributed by atoms with Gasteiger partial charge in [0.1, 0.15) is 16.2 Å². The van der Waals surface area contributed by atoms with Crippen LogP contribution in [0.25, 0.3) is 21.3 Å². The Labute approximate surface area is 228 Å². The minimum Gasteiger partial charge on any atom is -0.462 e. The van der Waals surface area contributed by atoms with Crippen LogP contribution in [-0.2, 0) is 29.4 Å². The van der Waals surface area contributed by atoms with E-state index >= 15 is 0 Å². The van der Waals surface area contributed by atoms with Gasteiger partial charge >= 0.3 is 5.97 Å². The molecule has 0 fully saturated rings. The molecule has 0 radical (unpaired) electrons. The molecule has 0 spiro atoms. The zero-order chi connectivity index (χ0) is 26.8. The second kappa shape index (κ2) is 11.1. The maximum Gasteiger partial charge on any atom is 0.343 e. The Morgan fingerprint density at radius 1 is 1.24 bits per heavy atom. The quantitative estimate of drug-likeness (QED) is 0.181. The van der Waals surface area contributed by atoms with Crippen molar-refractivity contribution in [1.82, 2.24) is 19.7 Å². The Bertz CT molecular complexity index is 1570. The number of nitrogens with one attached hydrogen (secondary N) is 2. The van der Waals surface area contributed by atoms with Gasteiger partial charge in [-0.15, -0.1) is 11.3 Å². The number of carbonyl (C=O) groups excluding carboxylic acids is 2. The maximum atomic E-state index is 13.2. The highest BCUT2D eigenvalue weighted by molar-refractivity contribution is 8.00. The van der Waals surface area contributed by atoms with Crippen molar-refractivity contribution in [2.45, 2.75) is 56.4 Å². The summed E-state index contributed by atoms with van der Waals surface area (Å²) in [4.78, 5) is 46.8. The Morgan fingerprint density at radius 3 is 2.79 bits per heavy atom. The summed E-state index contributed by atoms with van der Waals surface area (Å²) in [6, 6.07) is 6.48. The number of amides is 1. The lowest BCUT2D eigenvalue weighted by atomic mass is 9.89. The zero-order valence-electron chi connectivity index (χ0n) is 21.5. The third kappa shape index (κ3) is 5.12. The molecule has 1 aromatic carbocycles. The number of benzene rings is 1. The number of fused-ring (bicyclic) bond motifs is 2. The van der Waals surface area contributed by atoms with Crippen LogP contribution in [-0.4, -0.2) is 43.5 Å². The highest BCUT2D eigenvalue weighted by atomic mass is 32.2. The van der Waals surface area contributed by atoms with Crippen LogP contribution in [0.3, 0.4) is 0 Å². The summed E-state index contributed by atoms with van der Waals surface area (Å²) in [5.41, 5.74) is 4.64. The van der Waals surface area contributed by atoms with Gasteiger partial charge in [-0.1, -0.05) is 36.9 Å². The number of thioether (sulfide) groups is 1. The van der Waals surface area contributed by atoms with E-state index in [1.54, 1.807) is 14.0 Å². The van der Waals surface area contributed by atoms with Crippen molar-refractivity contribution >= 4 is 51.0 Å². The van der Waals surface area contributed by atoms with Gasteiger partial charge in [-0.2, -0.15) is 5.10 Å². The van der Waals surface area contributed by atoms with Crippen molar-refractivity contribution in [2.24, 2.45) is 7.05 Å². The number of anilines is 1. The van der Waals surface area contributed by atoms with Gasteiger partial charge in [0.25, 0.3) is 5.56 Å². The Balaban J connectivity index is 1.38. The van der Waals surface area contributed by atoms with Gasteiger partial charge in [-0.25, -0.2) is 9.78 Å². The molecular weight excluding hydrogens is 522 g/mol. The molecule has 1 aliphatic rings. The monoisotopic (exact) mass is 551 g/mol. The highest BCUT2D eigenvalue weighted by Gasteiger charge is 2.25. The SMILES string of the molecule is CCOC(=O)c1cnn(C)c1NC(=O)C(CC)Sc1nc2scc(-c3ccc4c(c3)CCCC4)c2c(=O)[nH]1. The topological polar surface area (TPSA) is 119 Å². The number of thiophene rings is 1. The molecule has 1 amide bonds. The minimum absolute atomic E-state index is 0.184. The van der Waals surface area contributed by atoms with Crippen molar-refractivity contribution in [3.05, 3.63) is 56.8 Å². The molecule has 0 saturated carbocycles. The van der Waals surface area contributed by atoms with E-state index in [2.05, 4.69) is 38.6 Å². The standard InChI is InChI=1S/C27H29N5O4S2/c1-4-20(23(33)29-22-18(13-28-32(22)3)26(35)36-5-2)38-27-30-24(34)21-19(14-37-25(21)31-27)17-11-10-15-8-6-7-9-16(15)12-17/h10-14,20H,4-9H2,1-3H3,(H,29,33)(H,30,31,34). The molecule has 0 aliphatic heterocycles. The van der Waals surface area contributed by atoms with Crippen LogP contribution in [0.2, 0.25) is 0 Å². The van der Waals surface area contributed by atoms with Gasteiger partial charge in [-0.3, -0.25) is 14.3 Å². The molecule has 5 rings (SSSR count). The third-order valence-corrected chi connectivity index (χ3v) is 8.80. The lowest BCUT2D eigenvalue weighted by Gasteiger charge is -2.16. The van der Waals surface area contributed by atoms with Gasteiger partial charge < -0.3 is 15.0 Å². The van der Waals surface area contributed by atoms with Crippen molar-refractivity contribution < 1.29 is 14.3 Å². The number of H-pyrrole nitrogens is 1. The molecule has 1 unspecified atom stereocenters. The van der Waals surface area contributed by atoms with E-state index < -0.39 is 11.2 Å². The number of esters is 1. The van der Waals surface area contributed by atoms with Crippen LogP contribution in [0.5, 0.6) is 0 Å². The summed E-state index contributed by atoms with van der Waals surface area (Å²) in [7, 11) is 1.64. The van der Waals surface area contributed by atoms with E-state index in [1.165, 1.54) is 57.9 Å². The number of rotatable bonds is 8. The molecule has 1 aliphatic carbocycles. The summed E-state index contributed by atoms with van der Waals surface area (Å²) in [5, 5.41) is 9.24. The maximum absolute atomic E-state index is 13.2. The van der Waals surface area contributed by atoms with Crippen LogP contribution in [0.1, 0.15) is 54.6 Å². The van der Waals surface area contributed by atoms with Crippen LogP contribution < -0.4 is 10.9 Å². The van der Waals surface area contributed by atoms with Gasteiger partial charge in [0.15, 0.2) is 5.16 Å². The predicted molar refractivity (Wildman–Crippen MR) is 150 cm³/mol. The molecule has 1 atom stereocenters. The first kappa shape index (κ1) is 26.2. The smallest absolute Gasteiger partial charge is 0.343 e. The van der Waals surface area contributed by atoms with Gasteiger partial charge in [0.05, 0.1) is 23.4 Å². The average Bonchev–Trinajstić information content (AvgIpc) is 3.51. The van der Waals surface area contributed by atoms with Gasteiger partial charge in [0.2, 0.25) is 5.91 Å². The third-order valence-electron chi connectivity index (χ3n) is 6.67. The summed E-state index contributed by atoms with van der Waals surface area (Å²) < 4.78 is 6.48. The van der Waals surface area contributed by atoms with E-state index in [-0.39, 0.29) is 29.5 Å². The van der Waals surface area contributed by atoms with Crippen molar-refractivity contribution in [3.8, 4) is 11.1 Å². The van der Waals surface area contributed by atoms with Gasteiger partial charge in [0, 0.05) is 18.0 Å². The number of aromatic amines is 1. The highest BCUT2D eigenvalue weighted by Crippen LogP contribution is 2.34. The largest absolute Gasteiger partial charge is 0.462 e. The minimum atomic E-state index is -0.555. The van der Waals surface area contributed by atoms with Crippen LogP contribution in [0.4, 0.5) is 5.82 Å². The molecule has 198 valence electrons. The molecule has 9 nitrogen and oxygen atoms in total. The van der Waals surface area contributed by atoms with Crippen LogP contribution in [0.15, 0.2) is 39.7 Å². The predicted octanol–water partition coefficient (Wildman–Crippen LogP) is 4.95. The summed E-state index contributed by atoms with van der Waals surface area (Å²) in [5.74, 6) is -0.617. The van der Waals surface area contributed by atoms with E-state index in [0.717, 1.165) is 24.0 Å². The first-order valence-corrected chi connectivity index (χ1v) is 14.5. The molecule has 11 heteroatoms. The number of aryl methyl sites for hydroxylation is 3. The zero-order valence-corrected chi connectivity index (χ0v) is 23.1. The van der Waals surface area contributed by atoms with Gasteiger partial charge in [-0.05, 0) is 55.7 Å². The number of carbonyl (C=O) groups is 2. The molecule has 3 aromatic heterocycles. The lowest BCUT2D eigenvalue weighted by Crippen LogP contribution is -2.27. The Morgan fingerprint density at radius 2 is 2.03 bits per heavy atom. The van der Waals surface area contributed by atoms with Crippen molar-refractivity contribution in [1.29, 1.82) is 0 Å². The molecule has 4 aromatic rings. The van der Waals surface area contributed by atoms with E-state index in [1.807, 2.05) is 12.3 Å². The molecular formula is C27H29N5O4S2. The molecule has 2 N–H and O–H groups in total. The number of hydrogen-bond acceptors (Lipinski definition) is 8. The normalized spacial score (nSPS) is 13.8. The van der Waals surface area contributed by atoms with Crippen molar-refractivity contribution in [3.63, 3.8) is 0 Å². The number of aromatic nitrogens is 4. The second-order valence-electron chi connectivity index (χ2n) is 9.15. The van der Waals surface area contributed by atoms with E-state index in [0.29, 0.717) is 21.8 Å².